The third kappa shape index (κ3) is 3.12. The second-order valence-electron chi connectivity index (χ2n) is 5.56. The Hall–Kier alpha value is -2.74. The van der Waals surface area contributed by atoms with Gasteiger partial charge in [-0.15, -0.1) is 10.2 Å². The molecule has 0 unspecified atom stereocenters. The van der Waals surface area contributed by atoms with E-state index in [1.807, 2.05) is 24.3 Å². The molecule has 0 radical (unpaired) electrons. The van der Waals surface area contributed by atoms with E-state index in [-0.39, 0.29) is 5.82 Å². The maximum Gasteiger partial charge on any atom is 0.226 e. The van der Waals surface area contributed by atoms with Crippen molar-refractivity contribution in [3.63, 3.8) is 0 Å². The Morgan fingerprint density at radius 3 is 2.72 bits per heavy atom. The predicted molar refractivity (Wildman–Crippen MR) is 91.7 cm³/mol. The number of aromatic nitrogens is 5. The molecule has 0 saturated carbocycles. The normalized spacial score (nSPS) is 11.3. The van der Waals surface area contributed by atoms with E-state index in [0.717, 1.165) is 33.6 Å². The number of oxazole rings is 1. The zero-order chi connectivity index (χ0) is 17.4. The Kier molecular flexibility index (Phi) is 3.96. The van der Waals surface area contributed by atoms with Crippen LogP contribution < -0.4 is 0 Å². The molecule has 8 heteroatoms. The van der Waals surface area contributed by atoms with Crippen LogP contribution in [-0.2, 0) is 5.75 Å². The second-order valence-corrected chi connectivity index (χ2v) is 6.50. The van der Waals surface area contributed by atoms with Crippen LogP contribution in [-0.4, -0.2) is 24.6 Å². The summed E-state index contributed by atoms with van der Waals surface area (Å²) in [5.41, 5.74) is 3.20. The van der Waals surface area contributed by atoms with E-state index in [9.17, 15) is 4.39 Å². The van der Waals surface area contributed by atoms with Crippen molar-refractivity contribution in [2.75, 3.05) is 0 Å². The van der Waals surface area contributed by atoms with Crippen molar-refractivity contribution < 1.29 is 8.81 Å². The molecule has 3 aromatic heterocycles. The molecule has 0 aliphatic rings. The number of hydrogen-bond donors (Lipinski definition) is 0. The summed E-state index contributed by atoms with van der Waals surface area (Å²) < 4.78 is 20.4. The third-order valence-electron chi connectivity index (χ3n) is 3.65. The van der Waals surface area contributed by atoms with Crippen LogP contribution >= 0.6 is 11.8 Å². The van der Waals surface area contributed by atoms with Crippen LogP contribution in [0.2, 0.25) is 0 Å². The number of rotatable bonds is 4. The zero-order valence-corrected chi connectivity index (χ0v) is 14.4. The van der Waals surface area contributed by atoms with Gasteiger partial charge in [0.2, 0.25) is 5.89 Å². The largest absolute Gasteiger partial charge is 0.444 e. The van der Waals surface area contributed by atoms with Gasteiger partial charge < -0.3 is 4.42 Å². The lowest BCUT2D eigenvalue weighted by Gasteiger charge is -2.02. The lowest BCUT2D eigenvalue weighted by Crippen LogP contribution is -1.98. The van der Waals surface area contributed by atoms with Crippen LogP contribution in [0.5, 0.6) is 0 Å². The summed E-state index contributed by atoms with van der Waals surface area (Å²) in [4.78, 5) is 8.89. The summed E-state index contributed by atoms with van der Waals surface area (Å²) in [6, 6.07) is 7.94. The van der Waals surface area contributed by atoms with Gasteiger partial charge in [0.25, 0.3) is 0 Å². The Labute approximate surface area is 147 Å². The number of benzene rings is 1. The number of nitrogens with zero attached hydrogens (tertiary/aromatic N) is 5. The maximum absolute atomic E-state index is 13.0. The Bertz CT molecular complexity index is 1040. The monoisotopic (exact) mass is 355 g/mol. The van der Waals surface area contributed by atoms with Crippen molar-refractivity contribution in [2.45, 2.75) is 24.8 Å². The van der Waals surface area contributed by atoms with Crippen LogP contribution in [0.15, 0.2) is 46.2 Å². The van der Waals surface area contributed by atoms with Gasteiger partial charge in [0.15, 0.2) is 10.8 Å². The van der Waals surface area contributed by atoms with E-state index in [0.29, 0.717) is 11.6 Å². The van der Waals surface area contributed by atoms with E-state index in [1.165, 1.54) is 23.9 Å². The average molecular weight is 355 g/mol. The molecule has 0 saturated heterocycles. The van der Waals surface area contributed by atoms with Gasteiger partial charge in [0.05, 0.1) is 5.69 Å². The summed E-state index contributed by atoms with van der Waals surface area (Å²) in [6.45, 7) is 3.86. The highest BCUT2D eigenvalue weighted by Gasteiger charge is 2.12. The molecule has 0 amide bonds. The Morgan fingerprint density at radius 1 is 1.12 bits per heavy atom. The third-order valence-corrected chi connectivity index (χ3v) is 4.61. The Morgan fingerprint density at radius 2 is 1.92 bits per heavy atom. The SMILES string of the molecule is Cc1cc2nnc(SCc3coc(-c4ccc(F)cc4)n3)n2c(C)n1. The van der Waals surface area contributed by atoms with Gasteiger partial charge in [-0.3, -0.25) is 4.40 Å². The van der Waals surface area contributed by atoms with Crippen LogP contribution in [0.1, 0.15) is 17.2 Å². The van der Waals surface area contributed by atoms with E-state index >= 15 is 0 Å². The summed E-state index contributed by atoms with van der Waals surface area (Å²) in [5.74, 6) is 1.60. The fraction of sp³-hybridized carbons (Fsp3) is 0.176. The van der Waals surface area contributed by atoms with Gasteiger partial charge >= 0.3 is 0 Å². The molecule has 0 bridgehead atoms. The highest BCUT2D eigenvalue weighted by molar-refractivity contribution is 7.98. The Balaban J connectivity index is 1.53. The van der Waals surface area contributed by atoms with Crippen molar-refractivity contribution >= 4 is 17.4 Å². The predicted octanol–water partition coefficient (Wildman–Crippen LogP) is 3.83. The molecule has 0 spiro atoms. The number of fused-ring (bicyclic) bond motifs is 1. The van der Waals surface area contributed by atoms with Crippen LogP contribution in [0.3, 0.4) is 0 Å². The molecular weight excluding hydrogens is 341 g/mol. The maximum atomic E-state index is 13.0. The summed E-state index contributed by atoms with van der Waals surface area (Å²) >= 11 is 1.51. The number of hydrogen-bond acceptors (Lipinski definition) is 6. The molecule has 0 aliphatic carbocycles. The number of halogens is 1. The lowest BCUT2D eigenvalue weighted by atomic mass is 10.2. The second kappa shape index (κ2) is 6.29. The molecule has 3 heterocycles. The van der Waals surface area contributed by atoms with Gasteiger partial charge in [0, 0.05) is 23.1 Å². The van der Waals surface area contributed by atoms with E-state index in [4.69, 9.17) is 4.42 Å². The van der Waals surface area contributed by atoms with Crippen molar-refractivity contribution in [3.8, 4) is 11.5 Å². The molecule has 4 aromatic rings. The van der Waals surface area contributed by atoms with Gasteiger partial charge in [-0.05, 0) is 38.1 Å². The molecule has 126 valence electrons. The minimum absolute atomic E-state index is 0.288. The first-order valence-corrected chi connectivity index (χ1v) is 8.61. The quantitative estimate of drug-likeness (QED) is 0.518. The van der Waals surface area contributed by atoms with Crippen molar-refractivity contribution in [2.24, 2.45) is 0 Å². The first-order valence-electron chi connectivity index (χ1n) is 7.63. The van der Waals surface area contributed by atoms with Gasteiger partial charge in [-0.2, -0.15) is 0 Å². The first-order chi connectivity index (χ1) is 12.1. The van der Waals surface area contributed by atoms with E-state index in [2.05, 4.69) is 20.2 Å². The van der Waals surface area contributed by atoms with E-state index in [1.54, 1.807) is 18.4 Å². The minimum atomic E-state index is -0.288. The summed E-state index contributed by atoms with van der Waals surface area (Å²) in [5, 5.41) is 9.17. The molecule has 6 nitrogen and oxygen atoms in total. The van der Waals surface area contributed by atoms with Gasteiger partial charge in [0.1, 0.15) is 17.9 Å². The first kappa shape index (κ1) is 15.8. The smallest absolute Gasteiger partial charge is 0.226 e. The fourth-order valence-electron chi connectivity index (χ4n) is 2.53. The molecule has 0 atom stereocenters. The minimum Gasteiger partial charge on any atom is -0.444 e. The zero-order valence-electron chi connectivity index (χ0n) is 13.6. The molecule has 0 N–H and O–H groups in total. The molecular formula is C17H14FN5OS. The number of aryl methyl sites for hydroxylation is 2. The van der Waals surface area contributed by atoms with Crippen molar-refractivity contribution in [3.05, 3.63) is 59.6 Å². The fourth-order valence-corrected chi connectivity index (χ4v) is 3.40. The molecule has 0 fully saturated rings. The van der Waals surface area contributed by atoms with Crippen molar-refractivity contribution in [1.29, 1.82) is 0 Å². The number of thioether (sulfide) groups is 1. The van der Waals surface area contributed by atoms with Crippen LogP contribution in [0, 0.1) is 19.7 Å². The van der Waals surface area contributed by atoms with Gasteiger partial charge in [-0.25, -0.2) is 14.4 Å². The van der Waals surface area contributed by atoms with Gasteiger partial charge in [-0.1, -0.05) is 11.8 Å². The summed E-state index contributed by atoms with van der Waals surface area (Å²) in [7, 11) is 0. The van der Waals surface area contributed by atoms with E-state index < -0.39 is 0 Å². The topological polar surface area (TPSA) is 69.1 Å². The molecule has 25 heavy (non-hydrogen) atoms. The highest BCUT2D eigenvalue weighted by Crippen LogP contribution is 2.25. The lowest BCUT2D eigenvalue weighted by molar-refractivity contribution is 0.573. The van der Waals surface area contributed by atoms with Crippen LogP contribution in [0.25, 0.3) is 17.1 Å². The average Bonchev–Trinajstić information content (AvgIpc) is 3.20. The molecule has 0 aliphatic heterocycles. The van der Waals surface area contributed by atoms with Crippen molar-refractivity contribution in [1.82, 2.24) is 24.6 Å². The summed E-state index contributed by atoms with van der Waals surface area (Å²) in [6.07, 6.45) is 1.60. The molecule has 4 rings (SSSR count). The van der Waals surface area contributed by atoms with Crippen LogP contribution in [0.4, 0.5) is 4.39 Å². The standard InChI is InChI=1S/C17H14FN5OS/c1-10-7-15-21-22-17(23(15)11(2)19-10)25-9-14-8-24-16(20-14)12-3-5-13(18)6-4-12/h3-8H,9H2,1-2H3. The molecule has 1 aromatic carbocycles. The highest BCUT2D eigenvalue weighted by atomic mass is 32.2.